The summed E-state index contributed by atoms with van der Waals surface area (Å²) in [6.07, 6.45) is 0. The van der Waals surface area contributed by atoms with E-state index in [1.807, 2.05) is 12.1 Å². The first kappa shape index (κ1) is 10.7. The first-order valence-electron chi connectivity index (χ1n) is 5.47. The maximum atomic E-state index is 5.94. The second-order valence-electron chi connectivity index (χ2n) is 4.24. The zero-order valence-corrected chi connectivity index (χ0v) is 11.3. The Morgan fingerprint density at radius 1 is 1.06 bits per heavy atom. The largest absolute Gasteiger partial charge is 0.453 e. The Kier molecular flexibility index (Phi) is 2.40. The summed E-state index contributed by atoms with van der Waals surface area (Å²) in [5.41, 5.74) is 3.39. The zero-order chi connectivity index (χ0) is 12.0. The molecule has 2 nitrogen and oxygen atoms in total. The van der Waals surface area contributed by atoms with Crippen LogP contribution >= 0.6 is 15.9 Å². The summed E-state index contributed by atoms with van der Waals surface area (Å²) in [4.78, 5) is 2.15. The summed E-state index contributed by atoms with van der Waals surface area (Å²) in [6, 6.07) is 12.3. The van der Waals surface area contributed by atoms with Gasteiger partial charge in [-0.2, -0.15) is 0 Å². The maximum Gasteiger partial charge on any atom is 0.152 e. The predicted molar refractivity (Wildman–Crippen MR) is 76.9 cm³/mol. The van der Waals surface area contributed by atoms with Crippen LogP contribution in [0.15, 0.2) is 40.9 Å². The summed E-state index contributed by atoms with van der Waals surface area (Å²) in [5.74, 6) is 1.80. The summed E-state index contributed by atoms with van der Waals surface area (Å²) in [7, 11) is 4.13. The van der Waals surface area contributed by atoms with Gasteiger partial charge >= 0.3 is 0 Å². The van der Waals surface area contributed by atoms with Crippen LogP contribution < -0.4 is 15.1 Å². The molecule has 3 rings (SSSR count). The van der Waals surface area contributed by atoms with Gasteiger partial charge in [-0.15, -0.1) is 0 Å². The molecule has 0 saturated heterocycles. The molecule has 0 amide bonds. The van der Waals surface area contributed by atoms with Crippen molar-refractivity contribution < 1.29 is 4.74 Å². The monoisotopic (exact) mass is 287 g/mol. The minimum absolute atomic E-state index is 0.889. The summed E-state index contributed by atoms with van der Waals surface area (Å²) < 4.78 is 6.97. The fourth-order valence-electron chi connectivity index (χ4n) is 2.08. The Hall–Kier alpha value is -1.42. The van der Waals surface area contributed by atoms with Crippen LogP contribution in [0.2, 0.25) is 0 Å². The molecule has 1 aliphatic rings. The SMILES string of the molecule is Bc1ccc2c(c1)Oc1cc(Br)ccc1N2C. The van der Waals surface area contributed by atoms with Crippen molar-refractivity contribution in [2.24, 2.45) is 0 Å². The van der Waals surface area contributed by atoms with Crippen molar-refractivity contribution in [3.63, 3.8) is 0 Å². The molecular formula is C13H11BBrNO. The van der Waals surface area contributed by atoms with E-state index in [-0.39, 0.29) is 0 Å². The molecule has 1 aliphatic heterocycles. The maximum absolute atomic E-state index is 5.94. The fourth-order valence-corrected chi connectivity index (χ4v) is 2.42. The molecule has 84 valence electrons. The molecule has 0 unspecified atom stereocenters. The first-order valence-corrected chi connectivity index (χ1v) is 6.26. The second-order valence-corrected chi connectivity index (χ2v) is 5.16. The van der Waals surface area contributed by atoms with E-state index < -0.39 is 0 Å². The summed E-state index contributed by atoms with van der Waals surface area (Å²) in [6.45, 7) is 0. The third-order valence-electron chi connectivity index (χ3n) is 2.98. The minimum Gasteiger partial charge on any atom is -0.453 e. The van der Waals surface area contributed by atoms with Gasteiger partial charge in [-0.1, -0.05) is 27.5 Å². The molecule has 2 aromatic rings. The van der Waals surface area contributed by atoms with Crippen LogP contribution in [0.1, 0.15) is 0 Å². The van der Waals surface area contributed by atoms with Crippen LogP contribution in [0.3, 0.4) is 0 Å². The lowest BCUT2D eigenvalue weighted by Gasteiger charge is -2.30. The molecule has 17 heavy (non-hydrogen) atoms. The Morgan fingerprint density at radius 3 is 2.47 bits per heavy atom. The highest BCUT2D eigenvalue weighted by Gasteiger charge is 2.21. The van der Waals surface area contributed by atoms with Crippen LogP contribution in [0.25, 0.3) is 0 Å². The Balaban J connectivity index is 2.17. The van der Waals surface area contributed by atoms with Crippen LogP contribution in [-0.4, -0.2) is 14.9 Å². The van der Waals surface area contributed by atoms with Crippen LogP contribution in [0, 0.1) is 0 Å². The average Bonchev–Trinajstić information content (AvgIpc) is 2.28. The van der Waals surface area contributed by atoms with E-state index in [1.54, 1.807) is 0 Å². The van der Waals surface area contributed by atoms with Crippen molar-refractivity contribution in [3.05, 3.63) is 40.9 Å². The molecule has 0 aromatic heterocycles. The topological polar surface area (TPSA) is 12.5 Å². The number of fused-ring (bicyclic) bond motifs is 2. The van der Waals surface area contributed by atoms with E-state index in [1.165, 1.54) is 5.46 Å². The van der Waals surface area contributed by atoms with Gasteiger partial charge in [0.05, 0.1) is 11.4 Å². The van der Waals surface area contributed by atoms with E-state index >= 15 is 0 Å². The van der Waals surface area contributed by atoms with Gasteiger partial charge in [0.15, 0.2) is 11.5 Å². The quantitative estimate of drug-likeness (QED) is 0.691. The van der Waals surface area contributed by atoms with Crippen LogP contribution in [-0.2, 0) is 0 Å². The fraction of sp³-hybridized carbons (Fsp3) is 0.0769. The molecule has 2 aromatic carbocycles. The lowest BCUT2D eigenvalue weighted by molar-refractivity contribution is 0.475. The molecule has 0 spiro atoms. The van der Waals surface area contributed by atoms with Gasteiger partial charge in [0.1, 0.15) is 7.85 Å². The number of benzene rings is 2. The minimum atomic E-state index is 0.889. The molecule has 0 N–H and O–H groups in total. The molecule has 4 heteroatoms. The zero-order valence-electron chi connectivity index (χ0n) is 9.70. The number of nitrogens with zero attached hydrogens (tertiary/aromatic N) is 1. The van der Waals surface area contributed by atoms with Crippen molar-refractivity contribution >= 4 is 40.6 Å². The summed E-state index contributed by atoms with van der Waals surface area (Å²) in [5, 5.41) is 0. The summed E-state index contributed by atoms with van der Waals surface area (Å²) >= 11 is 3.47. The van der Waals surface area contributed by atoms with E-state index in [0.29, 0.717) is 0 Å². The molecular weight excluding hydrogens is 277 g/mol. The average molecular weight is 288 g/mol. The predicted octanol–water partition coefficient (Wildman–Crippen LogP) is 2.58. The van der Waals surface area contributed by atoms with Gasteiger partial charge in [0.2, 0.25) is 0 Å². The Bertz CT molecular complexity index is 548. The Labute approximate surface area is 110 Å². The van der Waals surface area contributed by atoms with Crippen molar-refractivity contribution in [2.75, 3.05) is 11.9 Å². The van der Waals surface area contributed by atoms with Gasteiger partial charge in [0, 0.05) is 11.5 Å². The first-order chi connectivity index (χ1) is 8.15. The van der Waals surface area contributed by atoms with Crippen LogP contribution in [0.4, 0.5) is 11.4 Å². The third-order valence-corrected chi connectivity index (χ3v) is 3.47. The number of hydrogen-bond acceptors (Lipinski definition) is 2. The van der Waals surface area contributed by atoms with Crippen molar-refractivity contribution in [2.45, 2.75) is 0 Å². The number of hydrogen-bond donors (Lipinski definition) is 0. The Morgan fingerprint density at radius 2 is 1.71 bits per heavy atom. The van der Waals surface area contributed by atoms with E-state index in [4.69, 9.17) is 4.74 Å². The van der Waals surface area contributed by atoms with E-state index in [2.05, 4.69) is 60.0 Å². The van der Waals surface area contributed by atoms with Gasteiger partial charge in [-0.3, -0.25) is 0 Å². The third kappa shape index (κ3) is 1.73. The molecule has 0 fully saturated rings. The highest BCUT2D eigenvalue weighted by Crippen LogP contribution is 2.45. The highest BCUT2D eigenvalue weighted by molar-refractivity contribution is 9.10. The normalized spacial score (nSPS) is 12.7. The van der Waals surface area contributed by atoms with Crippen molar-refractivity contribution in [3.8, 4) is 11.5 Å². The second kappa shape index (κ2) is 3.81. The van der Waals surface area contributed by atoms with Gasteiger partial charge in [0.25, 0.3) is 0 Å². The molecule has 0 saturated carbocycles. The highest BCUT2D eigenvalue weighted by atomic mass is 79.9. The molecule has 0 aliphatic carbocycles. The number of ether oxygens (including phenoxy) is 1. The number of anilines is 2. The standard InChI is InChI=1S/C13H11BBrNO/c1-16-10-4-2-8(14)6-12(10)17-13-7-9(15)3-5-11(13)16/h2-7H,14H2,1H3. The number of halogens is 1. The smallest absolute Gasteiger partial charge is 0.152 e. The lowest BCUT2D eigenvalue weighted by atomic mass is 9.95. The van der Waals surface area contributed by atoms with Crippen LogP contribution in [0.5, 0.6) is 11.5 Å². The molecule has 0 atom stereocenters. The number of rotatable bonds is 0. The van der Waals surface area contributed by atoms with Gasteiger partial charge in [-0.25, -0.2) is 0 Å². The lowest BCUT2D eigenvalue weighted by Crippen LogP contribution is -2.17. The van der Waals surface area contributed by atoms with Crippen molar-refractivity contribution in [1.29, 1.82) is 0 Å². The molecule has 1 heterocycles. The van der Waals surface area contributed by atoms with E-state index in [9.17, 15) is 0 Å². The van der Waals surface area contributed by atoms with Gasteiger partial charge in [-0.05, 0) is 30.3 Å². The van der Waals surface area contributed by atoms with Crippen molar-refractivity contribution in [1.82, 2.24) is 0 Å². The van der Waals surface area contributed by atoms with Gasteiger partial charge < -0.3 is 9.64 Å². The van der Waals surface area contributed by atoms with E-state index in [0.717, 1.165) is 27.3 Å². The molecule has 0 bridgehead atoms. The molecule has 0 radical (unpaired) electrons.